The van der Waals surface area contributed by atoms with E-state index in [0.717, 1.165) is 77.3 Å². The Morgan fingerprint density at radius 3 is 1.83 bits per heavy atom. The van der Waals surface area contributed by atoms with Gasteiger partial charge in [0.15, 0.2) is 0 Å². The van der Waals surface area contributed by atoms with E-state index in [-0.39, 0.29) is 0 Å². The lowest BCUT2D eigenvalue weighted by Gasteiger charge is -2.16. The predicted molar refractivity (Wildman–Crippen MR) is 193 cm³/mol. The van der Waals surface area contributed by atoms with E-state index in [1.54, 1.807) is 0 Å². The number of rotatable bonds is 3. The zero-order valence-electron chi connectivity index (χ0n) is 25.2. The quantitative estimate of drug-likeness (QED) is 0.203. The minimum Gasteiger partial charge on any atom is -0.455 e. The highest BCUT2D eigenvalue weighted by molar-refractivity contribution is 6.24. The third kappa shape index (κ3) is 3.57. The molecule has 0 aliphatic carbocycles. The number of fused-ring (bicyclic) bond motifs is 10. The van der Waals surface area contributed by atoms with Crippen LogP contribution in [-0.2, 0) is 0 Å². The van der Waals surface area contributed by atoms with E-state index in [1.165, 1.54) is 10.8 Å². The Labute approximate surface area is 269 Å². The van der Waals surface area contributed by atoms with E-state index in [0.29, 0.717) is 5.56 Å². The minimum absolute atomic E-state index is 0.627. The van der Waals surface area contributed by atoms with Crippen LogP contribution in [0.3, 0.4) is 0 Å². The highest BCUT2D eigenvalue weighted by atomic mass is 16.3. The average molecular weight is 600 g/mol. The van der Waals surface area contributed by atoms with Crippen LogP contribution in [-0.4, -0.2) is 9.13 Å². The molecule has 0 unspecified atom stereocenters. The van der Waals surface area contributed by atoms with Gasteiger partial charge in [-0.05, 0) is 60.7 Å². The fourth-order valence-corrected chi connectivity index (χ4v) is 7.58. The molecule has 218 valence electrons. The molecule has 3 aromatic heterocycles. The van der Waals surface area contributed by atoms with Crippen LogP contribution >= 0.6 is 0 Å². The van der Waals surface area contributed by atoms with Crippen LogP contribution in [0.25, 0.3) is 88.1 Å². The molecule has 10 rings (SSSR count). The molecule has 7 aromatic carbocycles. The maximum atomic E-state index is 10.4. The molecule has 0 bridgehead atoms. The van der Waals surface area contributed by atoms with Crippen molar-refractivity contribution in [2.75, 3.05) is 0 Å². The molecule has 3 heterocycles. The number of furan rings is 1. The molecule has 0 fully saturated rings. The van der Waals surface area contributed by atoms with Crippen molar-refractivity contribution in [1.29, 1.82) is 5.26 Å². The van der Waals surface area contributed by atoms with Crippen LogP contribution in [0.4, 0.5) is 0 Å². The zero-order chi connectivity index (χ0) is 31.1. The molecule has 0 saturated heterocycles. The van der Waals surface area contributed by atoms with Crippen LogP contribution < -0.4 is 0 Å². The summed E-state index contributed by atoms with van der Waals surface area (Å²) in [6, 6.07) is 55.2. The van der Waals surface area contributed by atoms with Gasteiger partial charge in [-0.25, -0.2) is 0 Å². The molecular weight excluding hydrogens is 574 g/mol. The number of benzene rings is 7. The van der Waals surface area contributed by atoms with E-state index < -0.39 is 0 Å². The van der Waals surface area contributed by atoms with E-state index in [2.05, 4.69) is 149 Å². The molecule has 0 aliphatic heterocycles. The first-order valence-corrected chi connectivity index (χ1v) is 15.8. The van der Waals surface area contributed by atoms with Gasteiger partial charge in [-0.15, -0.1) is 0 Å². The summed E-state index contributed by atoms with van der Waals surface area (Å²) in [5.74, 6) is 0. The van der Waals surface area contributed by atoms with Crippen LogP contribution in [0.2, 0.25) is 0 Å². The van der Waals surface area contributed by atoms with E-state index in [4.69, 9.17) is 4.42 Å². The molecule has 0 atom stereocenters. The summed E-state index contributed by atoms with van der Waals surface area (Å²) in [7, 11) is 0. The Hall–Kier alpha value is -6.57. The molecule has 10 aromatic rings. The summed E-state index contributed by atoms with van der Waals surface area (Å²) in [5.41, 5.74) is 10.7. The van der Waals surface area contributed by atoms with Gasteiger partial charge < -0.3 is 13.6 Å². The second-order valence-electron chi connectivity index (χ2n) is 12.0. The molecule has 0 aliphatic rings. The van der Waals surface area contributed by atoms with Gasteiger partial charge >= 0.3 is 0 Å². The van der Waals surface area contributed by atoms with Crippen LogP contribution in [0, 0.1) is 11.3 Å². The second kappa shape index (κ2) is 9.71. The van der Waals surface area contributed by atoms with Gasteiger partial charge in [0.25, 0.3) is 0 Å². The molecule has 47 heavy (non-hydrogen) atoms. The number of hydrogen-bond donors (Lipinski definition) is 0. The van der Waals surface area contributed by atoms with Gasteiger partial charge in [-0.2, -0.15) is 5.26 Å². The van der Waals surface area contributed by atoms with Gasteiger partial charge in [-0.3, -0.25) is 0 Å². The third-order valence-corrected chi connectivity index (χ3v) is 9.58. The molecule has 4 heteroatoms. The maximum Gasteiger partial charge on any atom is 0.145 e. The predicted octanol–water partition coefficient (Wildman–Crippen LogP) is 11.3. The van der Waals surface area contributed by atoms with Crippen LogP contribution in [0.5, 0.6) is 0 Å². The summed E-state index contributed by atoms with van der Waals surface area (Å²) >= 11 is 0. The summed E-state index contributed by atoms with van der Waals surface area (Å²) in [6.45, 7) is 0. The standard InChI is InChI=1S/C43H25N3O/c44-26-27-21-22-28(45-36-16-6-1-11-29(36)30-12-2-7-17-37(30)45)25-35(27)31-13-3-8-18-38(31)46-39-19-9-4-15-34(39)42-40(46)24-23-33-32-14-5-10-20-41(32)47-43(33)42/h1-25H. The summed E-state index contributed by atoms with van der Waals surface area (Å²) in [6.07, 6.45) is 0. The fraction of sp³-hybridized carbons (Fsp3) is 0. The van der Waals surface area contributed by atoms with E-state index in [9.17, 15) is 5.26 Å². The molecule has 0 radical (unpaired) electrons. The first-order chi connectivity index (χ1) is 23.3. The van der Waals surface area contributed by atoms with Crippen molar-refractivity contribution in [3.05, 3.63) is 157 Å². The maximum absolute atomic E-state index is 10.4. The molecule has 0 N–H and O–H groups in total. The van der Waals surface area contributed by atoms with Crippen LogP contribution in [0.15, 0.2) is 156 Å². The highest BCUT2D eigenvalue weighted by Crippen LogP contribution is 2.43. The normalized spacial score (nSPS) is 11.8. The lowest BCUT2D eigenvalue weighted by molar-refractivity contribution is 0.673. The average Bonchev–Trinajstić information content (AvgIpc) is 3.79. The van der Waals surface area contributed by atoms with Crippen molar-refractivity contribution in [2.45, 2.75) is 0 Å². The molecule has 0 spiro atoms. The Balaban J connectivity index is 1.27. The molecule has 0 amide bonds. The monoisotopic (exact) mass is 599 g/mol. The number of nitriles is 1. The smallest absolute Gasteiger partial charge is 0.145 e. The fourth-order valence-electron chi connectivity index (χ4n) is 7.58. The lowest BCUT2D eigenvalue weighted by atomic mass is 9.97. The van der Waals surface area contributed by atoms with Crippen molar-refractivity contribution in [2.24, 2.45) is 0 Å². The van der Waals surface area contributed by atoms with Gasteiger partial charge in [0.05, 0.1) is 44.8 Å². The van der Waals surface area contributed by atoms with Crippen molar-refractivity contribution in [3.8, 4) is 28.6 Å². The van der Waals surface area contributed by atoms with Gasteiger partial charge in [0, 0.05) is 43.7 Å². The summed E-state index contributed by atoms with van der Waals surface area (Å²) in [4.78, 5) is 0. The Morgan fingerprint density at radius 1 is 0.468 bits per heavy atom. The van der Waals surface area contributed by atoms with Crippen molar-refractivity contribution < 1.29 is 4.42 Å². The lowest BCUT2D eigenvalue weighted by Crippen LogP contribution is -2.00. The van der Waals surface area contributed by atoms with Gasteiger partial charge in [0.2, 0.25) is 0 Å². The SMILES string of the molecule is N#Cc1ccc(-n2c3ccccc3c3ccccc32)cc1-c1ccccc1-n1c2ccccc2c2c3oc4ccccc4c3ccc21. The number of aromatic nitrogens is 2. The Morgan fingerprint density at radius 2 is 1.09 bits per heavy atom. The Kier molecular flexibility index (Phi) is 5.32. The van der Waals surface area contributed by atoms with E-state index >= 15 is 0 Å². The summed E-state index contributed by atoms with van der Waals surface area (Å²) in [5, 5.41) is 17.3. The topological polar surface area (TPSA) is 46.8 Å². The number of hydrogen-bond acceptors (Lipinski definition) is 2. The number of nitrogens with zero attached hydrogens (tertiary/aromatic N) is 3. The van der Waals surface area contributed by atoms with Crippen molar-refractivity contribution >= 4 is 65.6 Å². The molecule has 4 nitrogen and oxygen atoms in total. The van der Waals surface area contributed by atoms with E-state index in [1.807, 2.05) is 18.2 Å². The van der Waals surface area contributed by atoms with Crippen LogP contribution in [0.1, 0.15) is 5.56 Å². The van der Waals surface area contributed by atoms with Gasteiger partial charge in [0.1, 0.15) is 11.2 Å². The zero-order valence-corrected chi connectivity index (χ0v) is 25.2. The Bertz CT molecular complexity index is 2880. The number of para-hydroxylation sites is 5. The summed E-state index contributed by atoms with van der Waals surface area (Å²) < 4.78 is 11.2. The second-order valence-corrected chi connectivity index (χ2v) is 12.0. The van der Waals surface area contributed by atoms with Crippen molar-refractivity contribution in [1.82, 2.24) is 9.13 Å². The third-order valence-electron chi connectivity index (χ3n) is 9.58. The van der Waals surface area contributed by atoms with Gasteiger partial charge in [-0.1, -0.05) is 91.0 Å². The first kappa shape index (κ1) is 25.7. The first-order valence-electron chi connectivity index (χ1n) is 15.8. The molecule has 0 saturated carbocycles. The largest absolute Gasteiger partial charge is 0.455 e. The highest BCUT2D eigenvalue weighted by Gasteiger charge is 2.21. The minimum atomic E-state index is 0.627. The molecular formula is C43H25N3O. The van der Waals surface area contributed by atoms with Crippen molar-refractivity contribution in [3.63, 3.8) is 0 Å².